The van der Waals surface area contributed by atoms with Crippen LogP contribution in [0.1, 0.15) is 30.4 Å². The summed E-state index contributed by atoms with van der Waals surface area (Å²) >= 11 is 0. The van der Waals surface area contributed by atoms with E-state index in [1.165, 1.54) is 24.8 Å². The van der Waals surface area contributed by atoms with E-state index in [4.69, 9.17) is 10.9 Å². The van der Waals surface area contributed by atoms with E-state index in [1.54, 1.807) is 0 Å². The maximum absolute atomic E-state index is 8.54. The van der Waals surface area contributed by atoms with Gasteiger partial charge in [-0.25, -0.2) is 0 Å². The van der Waals surface area contributed by atoms with Crippen molar-refractivity contribution in [3.63, 3.8) is 0 Å². The predicted octanol–water partition coefficient (Wildman–Crippen LogP) is 1.67. The second-order valence-corrected chi connectivity index (χ2v) is 4.59. The van der Waals surface area contributed by atoms with E-state index in [-0.39, 0.29) is 5.84 Å². The minimum absolute atomic E-state index is 0.151. The Bertz CT molecular complexity index is 382. The molecule has 1 aliphatic rings. The van der Waals surface area contributed by atoms with Crippen LogP contribution in [0.15, 0.2) is 29.4 Å². The zero-order valence-electron chi connectivity index (χ0n) is 9.89. The number of oxime groups is 1. The van der Waals surface area contributed by atoms with Crippen molar-refractivity contribution in [2.24, 2.45) is 16.8 Å². The molecule has 92 valence electrons. The molecule has 0 saturated heterocycles. The molecular weight excluding hydrogens is 214 g/mol. The highest BCUT2D eigenvalue weighted by Crippen LogP contribution is 2.31. The first-order valence-electron chi connectivity index (χ1n) is 6.07. The minimum atomic E-state index is 0.151. The third-order valence-electron chi connectivity index (χ3n) is 3.11. The Morgan fingerprint density at radius 3 is 2.65 bits per heavy atom. The summed E-state index contributed by atoms with van der Waals surface area (Å²) in [6.07, 6.45) is 4.12. The summed E-state index contributed by atoms with van der Waals surface area (Å²) in [7, 11) is 0. The monoisotopic (exact) mass is 233 g/mol. The van der Waals surface area contributed by atoms with Crippen LogP contribution in [0.3, 0.4) is 0 Å². The third kappa shape index (κ3) is 3.75. The number of hydrogen-bond acceptors (Lipinski definition) is 3. The quantitative estimate of drug-likeness (QED) is 0.230. The van der Waals surface area contributed by atoms with Gasteiger partial charge in [-0.3, -0.25) is 0 Å². The van der Waals surface area contributed by atoms with E-state index >= 15 is 0 Å². The first kappa shape index (κ1) is 11.9. The van der Waals surface area contributed by atoms with Crippen molar-refractivity contribution in [2.45, 2.75) is 25.8 Å². The molecule has 1 aromatic carbocycles. The molecule has 0 amide bonds. The smallest absolute Gasteiger partial charge is 0.170 e. The van der Waals surface area contributed by atoms with Crippen LogP contribution >= 0.6 is 0 Å². The second kappa shape index (κ2) is 5.68. The second-order valence-electron chi connectivity index (χ2n) is 4.59. The number of benzene rings is 1. The summed E-state index contributed by atoms with van der Waals surface area (Å²) in [6, 6.07) is 7.73. The fourth-order valence-corrected chi connectivity index (χ4v) is 1.80. The molecule has 0 aliphatic heterocycles. The maximum atomic E-state index is 8.54. The topological polar surface area (TPSA) is 70.6 Å². The van der Waals surface area contributed by atoms with Gasteiger partial charge in [-0.05, 0) is 24.4 Å². The SMILES string of the molecule is NC(=NO)c1ccc(CNCCC2CC2)cc1. The van der Waals surface area contributed by atoms with Crippen molar-refractivity contribution in [1.82, 2.24) is 5.32 Å². The summed E-state index contributed by atoms with van der Waals surface area (Å²) in [5.41, 5.74) is 7.45. The Morgan fingerprint density at radius 2 is 2.06 bits per heavy atom. The Labute approximate surface area is 102 Å². The Hall–Kier alpha value is -1.55. The van der Waals surface area contributed by atoms with Crippen LogP contribution in [0, 0.1) is 5.92 Å². The van der Waals surface area contributed by atoms with Crippen LogP contribution in [-0.2, 0) is 6.54 Å². The van der Waals surface area contributed by atoms with Gasteiger partial charge in [0.15, 0.2) is 5.84 Å². The van der Waals surface area contributed by atoms with E-state index in [0.29, 0.717) is 0 Å². The van der Waals surface area contributed by atoms with Gasteiger partial charge in [0.1, 0.15) is 0 Å². The zero-order chi connectivity index (χ0) is 12.1. The standard InChI is InChI=1S/C13H19N3O/c14-13(16-17)12-5-3-11(4-6-12)9-15-8-7-10-1-2-10/h3-6,10,15,17H,1-2,7-9H2,(H2,14,16). The highest BCUT2D eigenvalue weighted by Gasteiger charge is 2.19. The largest absolute Gasteiger partial charge is 0.409 e. The van der Waals surface area contributed by atoms with Gasteiger partial charge in [0.25, 0.3) is 0 Å². The predicted molar refractivity (Wildman–Crippen MR) is 68.0 cm³/mol. The van der Waals surface area contributed by atoms with Crippen LogP contribution in [-0.4, -0.2) is 17.6 Å². The minimum Gasteiger partial charge on any atom is -0.409 e. The van der Waals surface area contributed by atoms with Gasteiger partial charge in [0.05, 0.1) is 0 Å². The van der Waals surface area contributed by atoms with Gasteiger partial charge >= 0.3 is 0 Å². The van der Waals surface area contributed by atoms with Crippen LogP contribution < -0.4 is 11.1 Å². The lowest BCUT2D eigenvalue weighted by Crippen LogP contribution is -2.16. The average Bonchev–Trinajstić information content (AvgIpc) is 3.18. The number of rotatable bonds is 6. The summed E-state index contributed by atoms with van der Waals surface area (Å²) in [6.45, 7) is 1.97. The maximum Gasteiger partial charge on any atom is 0.170 e. The molecule has 1 aliphatic carbocycles. The molecule has 17 heavy (non-hydrogen) atoms. The molecule has 0 spiro atoms. The molecule has 4 N–H and O–H groups in total. The summed E-state index contributed by atoms with van der Waals surface area (Å²) in [4.78, 5) is 0. The van der Waals surface area contributed by atoms with Crippen molar-refractivity contribution in [3.05, 3.63) is 35.4 Å². The van der Waals surface area contributed by atoms with Gasteiger partial charge in [0.2, 0.25) is 0 Å². The van der Waals surface area contributed by atoms with E-state index in [9.17, 15) is 0 Å². The molecule has 4 nitrogen and oxygen atoms in total. The molecule has 0 atom stereocenters. The van der Waals surface area contributed by atoms with Gasteiger partial charge in [0, 0.05) is 12.1 Å². The lowest BCUT2D eigenvalue weighted by molar-refractivity contribution is 0.318. The molecule has 0 unspecified atom stereocenters. The molecule has 1 aromatic rings. The average molecular weight is 233 g/mol. The Morgan fingerprint density at radius 1 is 1.35 bits per heavy atom. The Kier molecular flexibility index (Phi) is 3.98. The molecule has 0 aromatic heterocycles. The number of nitrogens with zero attached hydrogens (tertiary/aromatic N) is 1. The van der Waals surface area contributed by atoms with Crippen molar-refractivity contribution in [2.75, 3.05) is 6.54 Å². The van der Waals surface area contributed by atoms with Crippen molar-refractivity contribution in [1.29, 1.82) is 0 Å². The lowest BCUT2D eigenvalue weighted by atomic mass is 10.1. The van der Waals surface area contributed by atoms with Gasteiger partial charge in [-0.2, -0.15) is 0 Å². The normalized spacial score (nSPS) is 16.1. The van der Waals surface area contributed by atoms with Crippen LogP contribution in [0.2, 0.25) is 0 Å². The first-order valence-corrected chi connectivity index (χ1v) is 6.07. The van der Waals surface area contributed by atoms with Crippen molar-refractivity contribution in [3.8, 4) is 0 Å². The summed E-state index contributed by atoms with van der Waals surface area (Å²) < 4.78 is 0. The summed E-state index contributed by atoms with van der Waals surface area (Å²) in [5.74, 6) is 1.13. The zero-order valence-corrected chi connectivity index (χ0v) is 9.89. The van der Waals surface area contributed by atoms with E-state index in [1.807, 2.05) is 24.3 Å². The first-order chi connectivity index (χ1) is 8.29. The van der Waals surface area contributed by atoms with Crippen molar-refractivity contribution < 1.29 is 5.21 Å². The number of nitrogens with one attached hydrogen (secondary N) is 1. The van der Waals surface area contributed by atoms with Gasteiger partial charge < -0.3 is 16.3 Å². The fourth-order valence-electron chi connectivity index (χ4n) is 1.80. The van der Waals surface area contributed by atoms with E-state index in [0.717, 1.165) is 24.6 Å². The molecule has 0 bridgehead atoms. The number of hydrogen-bond donors (Lipinski definition) is 3. The van der Waals surface area contributed by atoms with Gasteiger partial charge in [-0.1, -0.05) is 42.3 Å². The van der Waals surface area contributed by atoms with E-state index < -0.39 is 0 Å². The molecule has 1 saturated carbocycles. The molecule has 0 heterocycles. The third-order valence-corrected chi connectivity index (χ3v) is 3.11. The molecule has 4 heteroatoms. The molecule has 1 fully saturated rings. The lowest BCUT2D eigenvalue weighted by Gasteiger charge is -2.05. The summed E-state index contributed by atoms with van der Waals surface area (Å²) in [5, 5.41) is 14.9. The Balaban J connectivity index is 1.76. The highest BCUT2D eigenvalue weighted by atomic mass is 16.4. The number of amidine groups is 1. The van der Waals surface area contributed by atoms with Crippen molar-refractivity contribution >= 4 is 5.84 Å². The fraction of sp³-hybridized carbons (Fsp3) is 0.462. The van der Waals surface area contributed by atoms with Crippen LogP contribution in [0.25, 0.3) is 0 Å². The molecule has 0 radical (unpaired) electrons. The van der Waals surface area contributed by atoms with Gasteiger partial charge in [-0.15, -0.1) is 0 Å². The molecule has 2 rings (SSSR count). The van der Waals surface area contributed by atoms with Crippen LogP contribution in [0.4, 0.5) is 0 Å². The number of nitrogens with two attached hydrogens (primary N) is 1. The van der Waals surface area contributed by atoms with Crippen LogP contribution in [0.5, 0.6) is 0 Å². The highest BCUT2D eigenvalue weighted by molar-refractivity contribution is 5.96. The molecular formula is C13H19N3O. The van der Waals surface area contributed by atoms with E-state index in [2.05, 4.69) is 10.5 Å².